The topological polar surface area (TPSA) is 55.4 Å². The van der Waals surface area contributed by atoms with Crippen molar-refractivity contribution < 1.29 is 14.3 Å². The van der Waals surface area contributed by atoms with E-state index < -0.39 is 12.1 Å². The molecule has 3 rings (SSSR count). The van der Waals surface area contributed by atoms with Crippen molar-refractivity contribution in [2.45, 2.75) is 26.9 Å². The van der Waals surface area contributed by atoms with Crippen molar-refractivity contribution in [1.29, 1.82) is 0 Å². The first-order valence-electron chi connectivity index (χ1n) is 8.52. The van der Waals surface area contributed by atoms with Crippen LogP contribution in [-0.2, 0) is 9.53 Å². The Labute approximate surface area is 152 Å². The Bertz CT molecular complexity index is 973. The van der Waals surface area contributed by atoms with E-state index in [1.165, 1.54) is 0 Å². The Kier molecular flexibility index (Phi) is 5.03. The standard InChI is InChI=1S/C22H21NO3/c1-14-11-12-15(2)19(13-14)22(25)26-16(3)21(24)23-20-10-6-8-17-7-4-5-9-18(17)20/h4-13,16H,1-3H3,(H,23,24)/t16-/m0/s1. The maximum absolute atomic E-state index is 12.5. The highest BCUT2D eigenvalue weighted by molar-refractivity contribution is 6.04. The fourth-order valence-electron chi connectivity index (χ4n) is 2.80. The number of fused-ring (bicyclic) bond motifs is 1. The van der Waals surface area contributed by atoms with Crippen LogP contribution in [0.1, 0.15) is 28.4 Å². The van der Waals surface area contributed by atoms with E-state index >= 15 is 0 Å². The molecule has 0 saturated carbocycles. The van der Waals surface area contributed by atoms with E-state index in [4.69, 9.17) is 4.74 Å². The summed E-state index contributed by atoms with van der Waals surface area (Å²) < 4.78 is 5.37. The molecule has 0 heterocycles. The number of nitrogens with one attached hydrogen (secondary N) is 1. The fraction of sp³-hybridized carbons (Fsp3) is 0.182. The van der Waals surface area contributed by atoms with Crippen molar-refractivity contribution in [1.82, 2.24) is 0 Å². The smallest absolute Gasteiger partial charge is 0.339 e. The van der Waals surface area contributed by atoms with Crippen LogP contribution >= 0.6 is 0 Å². The second-order valence-corrected chi connectivity index (χ2v) is 6.38. The third kappa shape index (κ3) is 3.75. The summed E-state index contributed by atoms with van der Waals surface area (Å²) in [5, 5.41) is 4.83. The van der Waals surface area contributed by atoms with Gasteiger partial charge in [-0.3, -0.25) is 4.79 Å². The summed E-state index contributed by atoms with van der Waals surface area (Å²) in [5.41, 5.74) is 2.97. The molecule has 0 unspecified atom stereocenters. The molecular formula is C22H21NO3. The predicted molar refractivity (Wildman–Crippen MR) is 103 cm³/mol. The van der Waals surface area contributed by atoms with Gasteiger partial charge in [-0.25, -0.2) is 4.79 Å². The number of hydrogen-bond donors (Lipinski definition) is 1. The van der Waals surface area contributed by atoms with Gasteiger partial charge in [-0.1, -0.05) is 54.1 Å². The maximum atomic E-state index is 12.5. The first-order chi connectivity index (χ1) is 12.5. The van der Waals surface area contributed by atoms with Crippen LogP contribution in [0.4, 0.5) is 5.69 Å². The lowest BCUT2D eigenvalue weighted by molar-refractivity contribution is -0.123. The minimum absolute atomic E-state index is 0.361. The molecule has 0 spiro atoms. The van der Waals surface area contributed by atoms with Crippen molar-refractivity contribution in [3.05, 3.63) is 77.4 Å². The number of esters is 1. The average Bonchev–Trinajstić information content (AvgIpc) is 2.63. The van der Waals surface area contributed by atoms with Gasteiger partial charge < -0.3 is 10.1 Å². The Morgan fingerprint density at radius 2 is 1.69 bits per heavy atom. The van der Waals surface area contributed by atoms with Gasteiger partial charge in [-0.2, -0.15) is 0 Å². The van der Waals surface area contributed by atoms with Crippen molar-refractivity contribution in [3.63, 3.8) is 0 Å². The number of amides is 1. The fourth-order valence-corrected chi connectivity index (χ4v) is 2.80. The van der Waals surface area contributed by atoms with Gasteiger partial charge in [0.1, 0.15) is 0 Å². The van der Waals surface area contributed by atoms with Gasteiger partial charge in [-0.05, 0) is 43.9 Å². The molecule has 4 nitrogen and oxygen atoms in total. The van der Waals surface area contributed by atoms with Crippen LogP contribution in [0.25, 0.3) is 10.8 Å². The number of rotatable bonds is 4. The lowest BCUT2D eigenvalue weighted by Crippen LogP contribution is -2.30. The SMILES string of the molecule is Cc1ccc(C)c(C(=O)O[C@@H](C)C(=O)Nc2cccc3ccccc23)c1. The summed E-state index contributed by atoms with van der Waals surface area (Å²) in [4.78, 5) is 24.9. The molecule has 1 amide bonds. The zero-order valence-corrected chi connectivity index (χ0v) is 15.1. The van der Waals surface area contributed by atoms with Crippen molar-refractivity contribution in [2.24, 2.45) is 0 Å². The monoisotopic (exact) mass is 347 g/mol. The molecule has 26 heavy (non-hydrogen) atoms. The molecular weight excluding hydrogens is 326 g/mol. The van der Waals surface area contributed by atoms with Gasteiger partial charge in [0, 0.05) is 11.1 Å². The van der Waals surface area contributed by atoms with Gasteiger partial charge in [0.15, 0.2) is 6.10 Å². The molecule has 4 heteroatoms. The largest absolute Gasteiger partial charge is 0.449 e. The van der Waals surface area contributed by atoms with Crippen LogP contribution in [0.5, 0.6) is 0 Å². The van der Waals surface area contributed by atoms with E-state index in [-0.39, 0.29) is 5.91 Å². The summed E-state index contributed by atoms with van der Waals surface area (Å²) in [5.74, 6) is -0.855. The van der Waals surface area contributed by atoms with Crippen LogP contribution in [0, 0.1) is 13.8 Å². The minimum atomic E-state index is -0.901. The molecule has 1 atom stereocenters. The number of hydrogen-bond acceptors (Lipinski definition) is 3. The lowest BCUT2D eigenvalue weighted by atomic mass is 10.1. The number of benzene rings is 3. The van der Waals surface area contributed by atoms with E-state index in [9.17, 15) is 9.59 Å². The van der Waals surface area contributed by atoms with Gasteiger partial charge >= 0.3 is 5.97 Å². The average molecular weight is 347 g/mol. The number of anilines is 1. The summed E-state index contributed by atoms with van der Waals surface area (Å²) >= 11 is 0. The van der Waals surface area contributed by atoms with Gasteiger partial charge in [-0.15, -0.1) is 0 Å². The van der Waals surface area contributed by atoms with E-state index in [1.54, 1.807) is 13.0 Å². The first kappa shape index (κ1) is 17.7. The Balaban J connectivity index is 1.73. The predicted octanol–water partition coefficient (Wildman–Crippen LogP) is 4.64. The molecule has 0 aromatic heterocycles. The zero-order valence-electron chi connectivity index (χ0n) is 15.1. The van der Waals surface area contributed by atoms with Crippen LogP contribution in [0.15, 0.2) is 60.7 Å². The summed E-state index contributed by atoms with van der Waals surface area (Å²) in [7, 11) is 0. The number of aryl methyl sites for hydroxylation is 2. The third-order valence-corrected chi connectivity index (χ3v) is 4.31. The molecule has 0 aliphatic heterocycles. The molecule has 1 N–H and O–H groups in total. The van der Waals surface area contributed by atoms with E-state index in [2.05, 4.69) is 5.32 Å². The van der Waals surface area contributed by atoms with Crippen LogP contribution in [0.2, 0.25) is 0 Å². The number of ether oxygens (including phenoxy) is 1. The molecule has 0 radical (unpaired) electrons. The van der Waals surface area contributed by atoms with Gasteiger partial charge in [0.25, 0.3) is 5.91 Å². The maximum Gasteiger partial charge on any atom is 0.339 e. The normalized spacial score (nSPS) is 11.8. The quantitative estimate of drug-likeness (QED) is 0.700. The van der Waals surface area contributed by atoms with E-state index in [1.807, 2.05) is 68.4 Å². The van der Waals surface area contributed by atoms with E-state index in [0.29, 0.717) is 11.3 Å². The van der Waals surface area contributed by atoms with Crippen LogP contribution < -0.4 is 5.32 Å². The Morgan fingerprint density at radius 1 is 0.962 bits per heavy atom. The highest BCUT2D eigenvalue weighted by atomic mass is 16.5. The molecule has 0 aliphatic carbocycles. The van der Waals surface area contributed by atoms with Gasteiger partial charge in [0.05, 0.1) is 5.56 Å². The molecule has 3 aromatic carbocycles. The second kappa shape index (κ2) is 7.40. The van der Waals surface area contributed by atoms with E-state index in [0.717, 1.165) is 21.9 Å². The first-order valence-corrected chi connectivity index (χ1v) is 8.52. The van der Waals surface area contributed by atoms with Crippen LogP contribution in [-0.4, -0.2) is 18.0 Å². The van der Waals surface area contributed by atoms with Crippen molar-refractivity contribution in [3.8, 4) is 0 Å². The van der Waals surface area contributed by atoms with Gasteiger partial charge in [0.2, 0.25) is 0 Å². The molecule has 0 aliphatic rings. The van der Waals surface area contributed by atoms with Crippen LogP contribution in [0.3, 0.4) is 0 Å². The second-order valence-electron chi connectivity index (χ2n) is 6.38. The number of carbonyl (C=O) groups excluding carboxylic acids is 2. The third-order valence-electron chi connectivity index (χ3n) is 4.31. The van der Waals surface area contributed by atoms with Crippen molar-refractivity contribution >= 4 is 28.3 Å². The summed E-state index contributed by atoms with van der Waals surface area (Å²) in [6, 6.07) is 19.1. The summed E-state index contributed by atoms with van der Waals surface area (Å²) in [6.45, 7) is 5.33. The molecule has 0 saturated heterocycles. The molecule has 0 bridgehead atoms. The summed E-state index contributed by atoms with van der Waals surface area (Å²) in [6.07, 6.45) is -0.901. The highest BCUT2D eigenvalue weighted by Gasteiger charge is 2.20. The number of carbonyl (C=O) groups is 2. The molecule has 132 valence electrons. The Morgan fingerprint density at radius 3 is 2.50 bits per heavy atom. The molecule has 3 aromatic rings. The zero-order chi connectivity index (χ0) is 18.7. The molecule has 0 fully saturated rings. The lowest BCUT2D eigenvalue weighted by Gasteiger charge is -2.15. The van der Waals surface area contributed by atoms with Crippen molar-refractivity contribution in [2.75, 3.05) is 5.32 Å². The Hall–Kier alpha value is -3.14. The minimum Gasteiger partial charge on any atom is -0.449 e. The highest BCUT2D eigenvalue weighted by Crippen LogP contribution is 2.23.